The first-order valence-electron chi connectivity index (χ1n) is 6.21. The molecular weight excluding hydrogens is 295 g/mol. The lowest BCUT2D eigenvalue weighted by molar-refractivity contribution is -0.136. The Morgan fingerprint density at radius 2 is 2.10 bits per heavy atom. The van der Waals surface area contributed by atoms with Crippen LogP contribution in [0.2, 0.25) is 0 Å². The number of aromatic nitrogens is 3. The number of hydrogen-bond donors (Lipinski definition) is 1. The van der Waals surface area contributed by atoms with Gasteiger partial charge in [0.25, 0.3) is 0 Å². The van der Waals surface area contributed by atoms with Crippen molar-refractivity contribution in [2.45, 2.75) is 49.5 Å². The van der Waals surface area contributed by atoms with E-state index >= 15 is 0 Å². The number of aliphatic carboxylic acids is 1. The number of thioether (sulfide) groups is 1. The van der Waals surface area contributed by atoms with Crippen LogP contribution in [0.4, 0.5) is 13.2 Å². The Morgan fingerprint density at radius 1 is 1.40 bits per heavy atom. The fourth-order valence-electron chi connectivity index (χ4n) is 1.82. The number of nitrogens with zero attached hydrogens (tertiary/aromatic N) is 3. The largest absolute Gasteiger partial charge is 0.481 e. The van der Waals surface area contributed by atoms with E-state index < -0.39 is 18.6 Å². The van der Waals surface area contributed by atoms with Crippen molar-refractivity contribution in [1.82, 2.24) is 14.8 Å². The third-order valence-electron chi connectivity index (χ3n) is 2.85. The molecule has 2 rings (SSSR count). The van der Waals surface area contributed by atoms with Gasteiger partial charge in [-0.1, -0.05) is 11.8 Å². The molecule has 1 fully saturated rings. The standard InChI is InChI=1S/C11H14F3N3O2S/c12-11(13,14)4-1-5-17-9(7-2-3-7)15-16-10(17)20-6-8(18)19/h7H,1-6H2,(H,18,19). The van der Waals surface area contributed by atoms with Crippen LogP contribution in [0.5, 0.6) is 0 Å². The van der Waals surface area contributed by atoms with E-state index in [9.17, 15) is 18.0 Å². The average molecular weight is 309 g/mol. The van der Waals surface area contributed by atoms with Crippen LogP contribution in [0.25, 0.3) is 0 Å². The van der Waals surface area contributed by atoms with Crippen LogP contribution in [0, 0.1) is 0 Å². The van der Waals surface area contributed by atoms with Crippen LogP contribution in [0.3, 0.4) is 0 Å². The van der Waals surface area contributed by atoms with Crippen LogP contribution < -0.4 is 0 Å². The maximum absolute atomic E-state index is 12.2. The van der Waals surface area contributed by atoms with Crippen molar-refractivity contribution in [3.05, 3.63) is 5.82 Å². The predicted molar refractivity (Wildman–Crippen MR) is 65.6 cm³/mol. The molecule has 1 aromatic heterocycles. The normalized spacial score (nSPS) is 15.6. The lowest BCUT2D eigenvalue weighted by Crippen LogP contribution is -2.11. The minimum atomic E-state index is -4.18. The lowest BCUT2D eigenvalue weighted by Gasteiger charge is -2.10. The summed E-state index contributed by atoms with van der Waals surface area (Å²) in [6, 6.07) is 0. The molecule has 0 aromatic carbocycles. The monoisotopic (exact) mass is 309 g/mol. The molecule has 0 bridgehead atoms. The van der Waals surface area contributed by atoms with Gasteiger partial charge in [-0.05, 0) is 19.3 Å². The minimum Gasteiger partial charge on any atom is -0.481 e. The van der Waals surface area contributed by atoms with Gasteiger partial charge in [0, 0.05) is 18.9 Å². The number of rotatable bonds is 7. The Labute approximate surface area is 117 Å². The van der Waals surface area contributed by atoms with Crippen molar-refractivity contribution < 1.29 is 23.1 Å². The lowest BCUT2D eigenvalue weighted by atomic mass is 10.3. The fourth-order valence-corrected chi connectivity index (χ4v) is 2.52. The van der Waals surface area contributed by atoms with Crippen molar-refractivity contribution in [2.75, 3.05) is 5.75 Å². The average Bonchev–Trinajstić information content (AvgIpc) is 3.08. The zero-order valence-electron chi connectivity index (χ0n) is 10.6. The highest BCUT2D eigenvalue weighted by Gasteiger charge is 2.31. The summed E-state index contributed by atoms with van der Waals surface area (Å²) >= 11 is 0.988. The molecule has 1 aliphatic rings. The summed E-state index contributed by atoms with van der Waals surface area (Å²) in [5.41, 5.74) is 0. The van der Waals surface area contributed by atoms with Gasteiger partial charge in [-0.15, -0.1) is 10.2 Å². The van der Waals surface area contributed by atoms with E-state index in [1.54, 1.807) is 4.57 Å². The Morgan fingerprint density at radius 3 is 2.65 bits per heavy atom. The summed E-state index contributed by atoms with van der Waals surface area (Å²) < 4.78 is 38.2. The van der Waals surface area contributed by atoms with E-state index in [1.165, 1.54) is 0 Å². The van der Waals surface area contributed by atoms with E-state index in [4.69, 9.17) is 5.11 Å². The topological polar surface area (TPSA) is 68.0 Å². The summed E-state index contributed by atoms with van der Waals surface area (Å²) in [7, 11) is 0. The highest BCUT2D eigenvalue weighted by atomic mass is 32.2. The molecule has 0 unspecified atom stereocenters. The molecule has 9 heteroatoms. The minimum absolute atomic E-state index is 0.0537. The van der Waals surface area contributed by atoms with Gasteiger partial charge in [0.2, 0.25) is 0 Å². The van der Waals surface area contributed by atoms with Crippen molar-refractivity contribution in [3.8, 4) is 0 Å². The molecule has 1 aliphatic carbocycles. The second kappa shape index (κ2) is 6.02. The zero-order valence-corrected chi connectivity index (χ0v) is 11.4. The second-order valence-corrected chi connectivity index (χ2v) is 5.61. The van der Waals surface area contributed by atoms with Gasteiger partial charge in [-0.3, -0.25) is 4.79 Å². The number of halogens is 3. The van der Waals surface area contributed by atoms with Gasteiger partial charge in [-0.2, -0.15) is 13.2 Å². The van der Waals surface area contributed by atoms with Crippen molar-refractivity contribution in [3.63, 3.8) is 0 Å². The first kappa shape index (κ1) is 15.1. The number of carboxylic acids is 1. The van der Waals surface area contributed by atoms with Gasteiger partial charge in [-0.25, -0.2) is 0 Å². The van der Waals surface area contributed by atoms with E-state index in [-0.39, 0.29) is 24.6 Å². The summed E-state index contributed by atoms with van der Waals surface area (Å²) in [5.74, 6) is -0.234. The van der Waals surface area contributed by atoms with Gasteiger partial charge < -0.3 is 9.67 Å². The molecule has 0 amide bonds. The molecule has 1 saturated carbocycles. The number of carboxylic acid groups (broad SMARTS) is 1. The first-order valence-corrected chi connectivity index (χ1v) is 7.20. The molecular formula is C11H14F3N3O2S. The molecule has 112 valence electrons. The van der Waals surface area contributed by atoms with Crippen LogP contribution in [0.15, 0.2) is 5.16 Å². The first-order chi connectivity index (χ1) is 9.37. The molecule has 20 heavy (non-hydrogen) atoms. The molecule has 0 saturated heterocycles. The molecule has 0 spiro atoms. The molecule has 5 nitrogen and oxygen atoms in total. The molecule has 0 radical (unpaired) electrons. The molecule has 0 atom stereocenters. The maximum Gasteiger partial charge on any atom is 0.389 e. The Hall–Kier alpha value is -1.25. The highest BCUT2D eigenvalue weighted by molar-refractivity contribution is 7.99. The molecule has 0 aliphatic heterocycles. The Balaban J connectivity index is 2.02. The van der Waals surface area contributed by atoms with Crippen LogP contribution in [-0.4, -0.2) is 37.8 Å². The van der Waals surface area contributed by atoms with Gasteiger partial charge in [0.05, 0.1) is 5.75 Å². The summed E-state index contributed by atoms with van der Waals surface area (Å²) in [6.45, 7) is 0.167. The van der Waals surface area contributed by atoms with E-state index in [2.05, 4.69) is 10.2 Å². The quantitative estimate of drug-likeness (QED) is 0.784. The SMILES string of the molecule is O=C(O)CSc1nnc(C2CC2)n1CCCC(F)(F)F. The van der Waals surface area contributed by atoms with Crippen molar-refractivity contribution >= 4 is 17.7 Å². The van der Waals surface area contributed by atoms with Crippen LogP contribution in [0.1, 0.15) is 37.4 Å². The second-order valence-electron chi connectivity index (χ2n) is 4.67. The fraction of sp³-hybridized carbons (Fsp3) is 0.727. The summed E-state index contributed by atoms with van der Waals surface area (Å²) in [6.07, 6.45) is -3.18. The van der Waals surface area contributed by atoms with Crippen molar-refractivity contribution in [1.29, 1.82) is 0 Å². The van der Waals surface area contributed by atoms with Gasteiger partial charge >= 0.3 is 12.1 Å². The number of hydrogen-bond acceptors (Lipinski definition) is 4. The zero-order chi connectivity index (χ0) is 14.8. The molecule has 1 aromatic rings. The van der Waals surface area contributed by atoms with Crippen LogP contribution >= 0.6 is 11.8 Å². The number of carbonyl (C=O) groups is 1. The van der Waals surface area contributed by atoms with Crippen molar-refractivity contribution in [2.24, 2.45) is 0 Å². The van der Waals surface area contributed by atoms with Gasteiger partial charge in [0.1, 0.15) is 5.82 Å². The smallest absolute Gasteiger partial charge is 0.389 e. The Kier molecular flexibility index (Phi) is 4.56. The van der Waals surface area contributed by atoms with E-state index in [1.807, 2.05) is 0 Å². The molecule has 1 N–H and O–H groups in total. The van der Waals surface area contributed by atoms with Gasteiger partial charge in [0.15, 0.2) is 5.16 Å². The third-order valence-corrected chi connectivity index (χ3v) is 3.81. The van der Waals surface area contributed by atoms with E-state index in [0.29, 0.717) is 11.0 Å². The maximum atomic E-state index is 12.2. The molecule has 1 heterocycles. The summed E-state index contributed by atoms with van der Waals surface area (Å²) in [5, 5.41) is 16.9. The Bertz CT molecular complexity index is 486. The third kappa shape index (κ3) is 4.39. The predicted octanol–water partition coefficient (Wildman–Crippen LogP) is 2.67. The summed E-state index contributed by atoms with van der Waals surface area (Å²) in [4.78, 5) is 10.6. The van der Waals surface area contributed by atoms with E-state index in [0.717, 1.165) is 24.6 Å². The number of alkyl halides is 3. The highest BCUT2D eigenvalue weighted by Crippen LogP contribution is 2.40. The van der Waals surface area contributed by atoms with Crippen LogP contribution in [-0.2, 0) is 11.3 Å².